The van der Waals surface area contributed by atoms with E-state index in [1.807, 2.05) is 13.1 Å². The molecule has 0 amide bonds. The molecule has 15 heavy (non-hydrogen) atoms. The average molecular weight is 205 g/mol. The summed E-state index contributed by atoms with van der Waals surface area (Å²) in [5.41, 5.74) is 3.62. The number of allylic oxidation sites excluding steroid dienone is 1. The molecule has 2 heteroatoms. The number of aryl methyl sites for hydroxylation is 1. The van der Waals surface area contributed by atoms with E-state index < -0.39 is 0 Å². The van der Waals surface area contributed by atoms with E-state index in [0.717, 1.165) is 18.4 Å². The third-order valence-corrected chi connectivity index (χ3v) is 3.06. The van der Waals surface area contributed by atoms with Crippen LogP contribution in [0.4, 0.5) is 4.39 Å². The molecule has 0 aliphatic heterocycles. The van der Waals surface area contributed by atoms with E-state index >= 15 is 0 Å². The SMILES string of the molecule is CNC(C)C1=CCCc2cc(F)ccc21. The van der Waals surface area contributed by atoms with E-state index in [0.29, 0.717) is 6.04 Å². The van der Waals surface area contributed by atoms with Gasteiger partial charge in [-0.2, -0.15) is 0 Å². The van der Waals surface area contributed by atoms with Gasteiger partial charge in [-0.15, -0.1) is 0 Å². The van der Waals surface area contributed by atoms with Gasteiger partial charge >= 0.3 is 0 Å². The van der Waals surface area contributed by atoms with Crippen LogP contribution in [0.25, 0.3) is 5.57 Å². The van der Waals surface area contributed by atoms with Crippen LogP contribution in [0, 0.1) is 5.82 Å². The second-order valence-electron chi connectivity index (χ2n) is 4.01. The lowest BCUT2D eigenvalue weighted by Gasteiger charge is -2.22. The first-order valence-electron chi connectivity index (χ1n) is 5.38. The Morgan fingerprint density at radius 3 is 2.93 bits per heavy atom. The summed E-state index contributed by atoms with van der Waals surface area (Å²) in [5, 5.41) is 3.23. The lowest BCUT2D eigenvalue weighted by molar-refractivity contribution is 0.624. The molecule has 1 atom stereocenters. The smallest absolute Gasteiger partial charge is 0.123 e. The first-order chi connectivity index (χ1) is 7.22. The second kappa shape index (κ2) is 4.15. The molecule has 0 saturated heterocycles. The Bertz CT molecular complexity index is 396. The summed E-state index contributed by atoms with van der Waals surface area (Å²) in [6.45, 7) is 2.13. The van der Waals surface area contributed by atoms with Crippen molar-refractivity contribution in [1.82, 2.24) is 5.32 Å². The Kier molecular flexibility index (Phi) is 2.87. The van der Waals surface area contributed by atoms with Crippen molar-refractivity contribution in [3.8, 4) is 0 Å². The maximum Gasteiger partial charge on any atom is 0.123 e. The first-order valence-corrected chi connectivity index (χ1v) is 5.38. The highest BCUT2D eigenvalue weighted by atomic mass is 19.1. The van der Waals surface area contributed by atoms with E-state index in [-0.39, 0.29) is 5.82 Å². The molecule has 1 aliphatic rings. The normalized spacial score (nSPS) is 16.9. The fraction of sp³-hybridized carbons (Fsp3) is 0.385. The minimum atomic E-state index is -0.132. The van der Waals surface area contributed by atoms with E-state index in [1.165, 1.54) is 11.1 Å². The highest BCUT2D eigenvalue weighted by molar-refractivity contribution is 5.73. The zero-order valence-corrected chi connectivity index (χ0v) is 9.18. The lowest BCUT2D eigenvalue weighted by Crippen LogP contribution is -2.24. The van der Waals surface area contributed by atoms with Crippen LogP contribution < -0.4 is 5.32 Å². The Morgan fingerprint density at radius 1 is 1.40 bits per heavy atom. The molecule has 0 heterocycles. The fourth-order valence-electron chi connectivity index (χ4n) is 2.11. The van der Waals surface area contributed by atoms with Crippen molar-refractivity contribution >= 4 is 5.57 Å². The number of nitrogens with one attached hydrogen (secondary N) is 1. The van der Waals surface area contributed by atoms with Crippen LogP contribution in [-0.2, 0) is 6.42 Å². The van der Waals surface area contributed by atoms with Crippen molar-refractivity contribution in [2.45, 2.75) is 25.8 Å². The van der Waals surface area contributed by atoms with Crippen molar-refractivity contribution in [3.05, 3.63) is 41.2 Å². The van der Waals surface area contributed by atoms with Crippen LogP contribution >= 0.6 is 0 Å². The number of hydrogen-bond donors (Lipinski definition) is 1. The molecule has 1 aromatic carbocycles. The summed E-state index contributed by atoms with van der Waals surface area (Å²) >= 11 is 0. The summed E-state index contributed by atoms with van der Waals surface area (Å²) in [4.78, 5) is 0. The predicted octanol–water partition coefficient (Wildman–Crippen LogP) is 2.76. The van der Waals surface area contributed by atoms with Gasteiger partial charge in [0.2, 0.25) is 0 Å². The summed E-state index contributed by atoms with van der Waals surface area (Å²) in [5.74, 6) is -0.132. The number of likely N-dealkylation sites (N-methyl/N-ethyl adjacent to an activating group) is 1. The van der Waals surface area contributed by atoms with Crippen molar-refractivity contribution in [2.75, 3.05) is 7.05 Å². The van der Waals surface area contributed by atoms with Gasteiger partial charge in [0.05, 0.1) is 0 Å². The van der Waals surface area contributed by atoms with Gasteiger partial charge in [-0.1, -0.05) is 12.1 Å². The standard InChI is InChI=1S/C13H16FN/c1-9(15-2)12-5-3-4-10-8-11(14)6-7-13(10)12/h5-9,15H,3-4H2,1-2H3. The highest BCUT2D eigenvalue weighted by Gasteiger charge is 2.16. The van der Waals surface area contributed by atoms with Crippen LogP contribution in [-0.4, -0.2) is 13.1 Å². The van der Waals surface area contributed by atoms with E-state index in [1.54, 1.807) is 12.1 Å². The van der Waals surface area contributed by atoms with E-state index in [4.69, 9.17) is 0 Å². The molecule has 0 spiro atoms. The van der Waals surface area contributed by atoms with Crippen LogP contribution in [0.2, 0.25) is 0 Å². The summed E-state index contributed by atoms with van der Waals surface area (Å²) in [6.07, 6.45) is 4.21. The van der Waals surface area contributed by atoms with Gasteiger partial charge in [0.25, 0.3) is 0 Å². The van der Waals surface area contributed by atoms with Crippen molar-refractivity contribution in [2.24, 2.45) is 0 Å². The van der Waals surface area contributed by atoms with E-state index in [9.17, 15) is 4.39 Å². The molecule has 0 fully saturated rings. The van der Waals surface area contributed by atoms with Gasteiger partial charge in [-0.05, 0) is 55.6 Å². The number of halogens is 1. The van der Waals surface area contributed by atoms with Gasteiger partial charge in [0.15, 0.2) is 0 Å². The van der Waals surface area contributed by atoms with Gasteiger partial charge in [0, 0.05) is 6.04 Å². The molecule has 0 radical (unpaired) electrons. The zero-order valence-electron chi connectivity index (χ0n) is 9.18. The van der Waals surface area contributed by atoms with Crippen molar-refractivity contribution in [1.29, 1.82) is 0 Å². The fourth-order valence-corrected chi connectivity index (χ4v) is 2.11. The second-order valence-corrected chi connectivity index (χ2v) is 4.01. The van der Waals surface area contributed by atoms with Gasteiger partial charge in [0.1, 0.15) is 5.82 Å². The third-order valence-electron chi connectivity index (χ3n) is 3.06. The quantitative estimate of drug-likeness (QED) is 0.782. The van der Waals surface area contributed by atoms with Gasteiger partial charge in [-0.25, -0.2) is 4.39 Å². The average Bonchev–Trinajstić information content (AvgIpc) is 2.26. The number of fused-ring (bicyclic) bond motifs is 1. The molecule has 2 rings (SSSR count). The van der Waals surface area contributed by atoms with E-state index in [2.05, 4.69) is 18.3 Å². The molecule has 80 valence electrons. The number of benzene rings is 1. The Balaban J connectivity index is 2.42. The monoisotopic (exact) mass is 205 g/mol. The molecule has 0 aromatic heterocycles. The largest absolute Gasteiger partial charge is 0.313 e. The lowest BCUT2D eigenvalue weighted by atomic mass is 9.87. The zero-order chi connectivity index (χ0) is 10.8. The van der Waals surface area contributed by atoms with Gasteiger partial charge in [-0.3, -0.25) is 0 Å². The Labute approximate surface area is 90.0 Å². The molecule has 1 nitrogen and oxygen atoms in total. The van der Waals surface area contributed by atoms with Crippen LogP contribution in [0.1, 0.15) is 24.5 Å². The minimum Gasteiger partial charge on any atom is -0.313 e. The predicted molar refractivity (Wildman–Crippen MR) is 61.2 cm³/mol. The van der Waals surface area contributed by atoms with Crippen LogP contribution in [0.15, 0.2) is 24.3 Å². The molecule has 0 bridgehead atoms. The maximum absolute atomic E-state index is 13.1. The highest BCUT2D eigenvalue weighted by Crippen LogP contribution is 2.29. The molecular formula is C13H16FN. The number of rotatable bonds is 2. The first kappa shape index (κ1) is 10.4. The molecule has 0 saturated carbocycles. The van der Waals surface area contributed by atoms with Crippen LogP contribution in [0.3, 0.4) is 0 Å². The Hall–Kier alpha value is -1.15. The number of hydrogen-bond acceptors (Lipinski definition) is 1. The maximum atomic E-state index is 13.1. The molecule has 1 aromatic rings. The Morgan fingerprint density at radius 2 is 2.20 bits per heavy atom. The molecular weight excluding hydrogens is 189 g/mol. The topological polar surface area (TPSA) is 12.0 Å². The molecule has 1 unspecified atom stereocenters. The van der Waals surface area contributed by atoms with Crippen molar-refractivity contribution in [3.63, 3.8) is 0 Å². The van der Waals surface area contributed by atoms with Crippen molar-refractivity contribution < 1.29 is 4.39 Å². The summed E-state index contributed by atoms with van der Waals surface area (Å²) in [7, 11) is 1.95. The summed E-state index contributed by atoms with van der Waals surface area (Å²) < 4.78 is 13.1. The van der Waals surface area contributed by atoms with Crippen LogP contribution in [0.5, 0.6) is 0 Å². The molecule has 1 N–H and O–H groups in total. The minimum absolute atomic E-state index is 0.132. The van der Waals surface area contributed by atoms with Gasteiger partial charge < -0.3 is 5.32 Å². The third kappa shape index (κ3) is 1.95. The molecule has 1 aliphatic carbocycles. The summed E-state index contributed by atoms with van der Waals surface area (Å²) in [6, 6.07) is 5.42.